The maximum atomic E-state index is 12.4. The Balaban J connectivity index is 1.21. The van der Waals surface area contributed by atoms with Crippen LogP contribution in [0.2, 0.25) is 0 Å². The highest BCUT2D eigenvalue weighted by Crippen LogP contribution is 2.25. The van der Waals surface area contributed by atoms with Crippen molar-refractivity contribution in [3.05, 3.63) is 66.7 Å². The SMILES string of the molecule is C=CC(=O)OCCCCCCCCCCCCOc1ccc(-c2ccc(C(=O)OC3CCCCC3)cc2)cc1. The van der Waals surface area contributed by atoms with E-state index in [0.29, 0.717) is 12.2 Å². The Labute approximate surface area is 234 Å². The molecule has 3 rings (SSSR count). The van der Waals surface area contributed by atoms with Crippen molar-refractivity contribution in [1.82, 2.24) is 0 Å². The van der Waals surface area contributed by atoms with Gasteiger partial charge in [-0.3, -0.25) is 0 Å². The molecule has 0 atom stereocenters. The van der Waals surface area contributed by atoms with Gasteiger partial charge in [0.15, 0.2) is 0 Å². The van der Waals surface area contributed by atoms with E-state index in [2.05, 4.69) is 18.7 Å². The lowest BCUT2D eigenvalue weighted by atomic mass is 9.98. The van der Waals surface area contributed by atoms with Gasteiger partial charge < -0.3 is 14.2 Å². The molecule has 0 saturated heterocycles. The molecular weight excluding hydrogens is 488 g/mol. The lowest BCUT2D eigenvalue weighted by molar-refractivity contribution is -0.137. The minimum Gasteiger partial charge on any atom is -0.494 e. The standard InChI is InChI=1S/C34H46O5/c1-2-33(35)38-27-15-10-8-6-4-3-5-7-9-14-26-37-31-24-22-29(23-25-31)28-18-20-30(21-19-28)34(36)39-32-16-12-11-13-17-32/h2,18-25,32H,1,3-17,26-27H2. The summed E-state index contributed by atoms with van der Waals surface area (Å²) >= 11 is 0. The second-order valence-electron chi connectivity index (χ2n) is 10.5. The highest BCUT2D eigenvalue weighted by atomic mass is 16.5. The third-order valence-corrected chi connectivity index (χ3v) is 7.35. The van der Waals surface area contributed by atoms with Crippen molar-refractivity contribution in [2.75, 3.05) is 13.2 Å². The second kappa shape index (κ2) is 18.3. The molecule has 0 aromatic heterocycles. The molecule has 5 heteroatoms. The number of esters is 2. The van der Waals surface area contributed by atoms with Crippen LogP contribution in [-0.2, 0) is 14.3 Å². The molecule has 0 N–H and O–H groups in total. The van der Waals surface area contributed by atoms with E-state index in [4.69, 9.17) is 14.2 Å². The van der Waals surface area contributed by atoms with Gasteiger partial charge in [-0.05, 0) is 73.9 Å². The smallest absolute Gasteiger partial charge is 0.338 e. The van der Waals surface area contributed by atoms with Gasteiger partial charge >= 0.3 is 11.9 Å². The molecule has 212 valence electrons. The fourth-order valence-corrected chi connectivity index (χ4v) is 4.98. The van der Waals surface area contributed by atoms with Crippen molar-refractivity contribution in [2.45, 2.75) is 102 Å². The van der Waals surface area contributed by atoms with E-state index >= 15 is 0 Å². The first-order valence-electron chi connectivity index (χ1n) is 15.0. The van der Waals surface area contributed by atoms with Crippen molar-refractivity contribution < 1.29 is 23.8 Å². The molecule has 0 aliphatic heterocycles. The average Bonchev–Trinajstić information content (AvgIpc) is 2.98. The largest absolute Gasteiger partial charge is 0.494 e. The minimum absolute atomic E-state index is 0.0776. The van der Waals surface area contributed by atoms with Crippen molar-refractivity contribution >= 4 is 11.9 Å². The van der Waals surface area contributed by atoms with E-state index in [1.165, 1.54) is 57.4 Å². The van der Waals surface area contributed by atoms with Gasteiger partial charge in [0.05, 0.1) is 18.8 Å². The van der Waals surface area contributed by atoms with Crippen LogP contribution in [-0.4, -0.2) is 31.3 Å². The minimum atomic E-state index is -0.327. The monoisotopic (exact) mass is 534 g/mol. The van der Waals surface area contributed by atoms with Gasteiger partial charge in [0.1, 0.15) is 11.9 Å². The molecular formula is C34H46O5. The van der Waals surface area contributed by atoms with Gasteiger partial charge in [0.25, 0.3) is 0 Å². The quantitative estimate of drug-likeness (QED) is 0.109. The molecule has 1 fully saturated rings. The summed E-state index contributed by atoms with van der Waals surface area (Å²) in [6, 6.07) is 15.9. The summed E-state index contributed by atoms with van der Waals surface area (Å²) in [6.45, 7) is 4.64. The van der Waals surface area contributed by atoms with Crippen LogP contribution in [0.15, 0.2) is 61.2 Å². The van der Waals surface area contributed by atoms with Crippen LogP contribution in [0, 0.1) is 0 Å². The molecule has 39 heavy (non-hydrogen) atoms. The van der Waals surface area contributed by atoms with Gasteiger partial charge in [-0.1, -0.05) is 88.6 Å². The predicted octanol–water partition coefficient (Wildman–Crippen LogP) is 8.85. The number of carbonyl (C=O) groups is 2. The molecule has 0 heterocycles. The van der Waals surface area contributed by atoms with Crippen molar-refractivity contribution in [2.24, 2.45) is 0 Å². The first-order valence-corrected chi connectivity index (χ1v) is 15.0. The fourth-order valence-electron chi connectivity index (χ4n) is 4.98. The molecule has 2 aromatic carbocycles. The first-order chi connectivity index (χ1) is 19.2. The number of benzene rings is 2. The van der Waals surface area contributed by atoms with Crippen molar-refractivity contribution in [3.63, 3.8) is 0 Å². The molecule has 0 amide bonds. The summed E-state index contributed by atoms with van der Waals surface area (Å²) in [5.41, 5.74) is 2.79. The Morgan fingerprint density at radius 3 is 1.77 bits per heavy atom. The molecule has 0 unspecified atom stereocenters. The first kappa shape index (κ1) is 30.5. The zero-order valence-electron chi connectivity index (χ0n) is 23.5. The van der Waals surface area contributed by atoms with E-state index in [1.807, 2.05) is 36.4 Å². The Kier molecular flexibility index (Phi) is 14.3. The molecule has 1 aliphatic carbocycles. The van der Waals surface area contributed by atoms with Crippen LogP contribution in [0.5, 0.6) is 5.75 Å². The van der Waals surface area contributed by atoms with Crippen LogP contribution < -0.4 is 4.74 Å². The Morgan fingerprint density at radius 1 is 0.692 bits per heavy atom. The topological polar surface area (TPSA) is 61.8 Å². The van der Waals surface area contributed by atoms with Gasteiger partial charge in [-0.25, -0.2) is 9.59 Å². The molecule has 5 nitrogen and oxygen atoms in total. The van der Waals surface area contributed by atoms with Crippen molar-refractivity contribution in [1.29, 1.82) is 0 Å². The molecule has 0 bridgehead atoms. The van der Waals surface area contributed by atoms with Crippen molar-refractivity contribution in [3.8, 4) is 16.9 Å². The molecule has 1 saturated carbocycles. The fraction of sp³-hybridized carbons (Fsp3) is 0.529. The predicted molar refractivity (Wildman–Crippen MR) is 157 cm³/mol. The molecule has 1 aliphatic rings. The van der Waals surface area contributed by atoms with E-state index in [0.717, 1.165) is 68.4 Å². The highest BCUT2D eigenvalue weighted by molar-refractivity contribution is 5.90. The zero-order valence-corrected chi connectivity index (χ0v) is 23.5. The molecule has 0 radical (unpaired) electrons. The molecule has 2 aromatic rings. The zero-order chi connectivity index (χ0) is 27.5. The van der Waals surface area contributed by atoms with Crippen LogP contribution >= 0.6 is 0 Å². The van der Waals surface area contributed by atoms with Crippen LogP contribution in [0.1, 0.15) is 107 Å². The summed E-state index contributed by atoms with van der Waals surface area (Å²) in [7, 11) is 0. The summed E-state index contributed by atoms with van der Waals surface area (Å²) in [5.74, 6) is 0.353. The van der Waals surface area contributed by atoms with Gasteiger partial charge in [-0.2, -0.15) is 0 Å². The third kappa shape index (κ3) is 12.1. The lowest BCUT2D eigenvalue weighted by Crippen LogP contribution is -2.20. The van der Waals surface area contributed by atoms with E-state index < -0.39 is 0 Å². The number of rotatable bonds is 18. The highest BCUT2D eigenvalue weighted by Gasteiger charge is 2.18. The van der Waals surface area contributed by atoms with Crippen LogP contribution in [0.4, 0.5) is 0 Å². The maximum absolute atomic E-state index is 12.4. The van der Waals surface area contributed by atoms with E-state index in [1.54, 1.807) is 0 Å². The second-order valence-corrected chi connectivity index (χ2v) is 10.5. The van der Waals surface area contributed by atoms with Crippen LogP contribution in [0.25, 0.3) is 11.1 Å². The third-order valence-electron chi connectivity index (χ3n) is 7.35. The number of carbonyl (C=O) groups excluding carboxylic acids is 2. The number of ether oxygens (including phenoxy) is 3. The number of hydrogen-bond acceptors (Lipinski definition) is 5. The van der Waals surface area contributed by atoms with Crippen LogP contribution in [0.3, 0.4) is 0 Å². The number of hydrogen-bond donors (Lipinski definition) is 0. The van der Waals surface area contributed by atoms with Gasteiger partial charge in [0.2, 0.25) is 0 Å². The van der Waals surface area contributed by atoms with Gasteiger partial charge in [-0.15, -0.1) is 0 Å². The maximum Gasteiger partial charge on any atom is 0.338 e. The summed E-state index contributed by atoms with van der Waals surface area (Å²) in [4.78, 5) is 23.4. The lowest BCUT2D eigenvalue weighted by Gasteiger charge is -2.21. The summed E-state index contributed by atoms with van der Waals surface area (Å²) in [5, 5.41) is 0. The average molecular weight is 535 g/mol. The molecule has 0 spiro atoms. The van der Waals surface area contributed by atoms with E-state index in [-0.39, 0.29) is 18.0 Å². The number of unbranched alkanes of at least 4 members (excludes halogenated alkanes) is 9. The Bertz CT molecular complexity index is 974. The Morgan fingerprint density at radius 2 is 1.21 bits per heavy atom. The summed E-state index contributed by atoms with van der Waals surface area (Å²) < 4.78 is 16.6. The normalized spacial score (nSPS) is 13.5. The Hall–Kier alpha value is -3.08. The summed E-state index contributed by atoms with van der Waals surface area (Å²) in [6.07, 6.45) is 18.7. The van der Waals surface area contributed by atoms with Gasteiger partial charge in [0, 0.05) is 6.08 Å². The van der Waals surface area contributed by atoms with E-state index in [9.17, 15) is 9.59 Å².